The molecule has 0 spiro atoms. The highest BCUT2D eigenvalue weighted by Crippen LogP contribution is 2.30. The molecular formula is C13H25N3O2. The van der Waals surface area contributed by atoms with Crippen molar-refractivity contribution in [3.05, 3.63) is 0 Å². The van der Waals surface area contributed by atoms with Crippen LogP contribution in [0.25, 0.3) is 0 Å². The Morgan fingerprint density at radius 3 is 2.78 bits per heavy atom. The van der Waals surface area contributed by atoms with Crippen LogP contribution in [0.3, 0.4) is 0 Å². The van der Waals surface area contributed by atoms with E-state index in [4.69, 9.17) is 5.73 Å². The van der Waals surface area contributed by atoms with Gasteiger partial charge in [0.25, 0.3) is 0 Å². The zero-order valence-electron chi connectivity index (χ0n) is 11.3. The van der Waals surface area contributed by atoms with Crippen LogP contribution in [0.1, 0.15) is 32.1 Å². The van der Waals surface area contributed by atoms with E-state index in [9.17, 15) is 9.90 Å². The maximum absolute atomic E-state index is 11.3. The van der Waals surface area contributed by atoms with E-state index in [1.165, 1.54) is 0 Å². The Bertz CT molecular complexity index is 311. The number of hydrogen-bond donors (Lipinski definition) is 2. The van der Waals surface area contributed by atoms with E-state index >= 15 is 0 Å². The summed E-state index contributed by atoms with van der Waals surface area (Å²) >= 11 is 0. The lowest BCUT2D eigenvalue weighted by molar-refractivity contribution is -0.145. The molecule has 0 aromatic rings. The van der Waals surface area contributed by atoms with Crippen molar-refractivity contribution in [2.24, 2.45) is 5.73 Å². The molecule has 2 unspecified atom stereocenters. The average molecular weight is 255 g/mol. The third-order valence-corrected chi connectivity index (χ3v) is 4.46. The molecule has 0 radical (unpaired) electrons. The second-order valence-electron chi connectivity index (χ2n) is 5.90. The van der Waals surface area contributed by atoms with Crippen LogP contribution in [0.4, 0.5) is 0 Å². The number of nitrogens with zero attached hydrogens (tertiary/aromatic N) is 2. The summed E-state index contributed by atoms with van der Waals surface area (Å²) in [5.74, 6) is -0.834. The molecule has 0 aromatic heterocycles. The van der Waals surface area contributed by atoms with Crippen molar-refractivity contribution >= 4 is 5.97 Å². The summed E-state index contributed by atoms with van der Waals surface area (Å²) < 4.78 is 0. The van der Waals surface area contributed by atoms with Gasteiger partial charge in [-0.3, -0.25) is 9.69 Å². The number of carboxylic acid groups (broad SMARTS) is 1. The molecule has 2 aliphatic rings. The molecule has 1 saturated carbocycles. The maximum atomic E-state index is 11.3. The van der Waals surface area contributed by atoms with E-state index in [0.29, 0.717) is 18.9 Å². The summed E-state index contributed by atoms with van der Waals surface area (Å²) in [6, 6.07) is 0.353. The summed E-state index contributed by atoms with van der Waals surface area (Å²) in [5, 5.41) is 9.26. The molecular weight excluding hydrogens is 230 g/mol. The summed E-state index contributed by atoms with van der Waals surface area (Å²) in [7, 11) is 2.15. The number of rotatable bonds is 2. The minimum atomic E-state index is -0.999. The SMILES string of the molecule is CN1CCCN(C2CCCC(N)(C(=O)O)C2)CC1. The van der Waals surface area contributed by atoms with Crippen molar-refractivity contribution < 1.29 is 9.90 Å². The van der Waals surface area contributed by atoms with Gasteiger partial charge in [-0.2, -0.15) is 0 Å². The lowest BCUT2D eigenvalue weighted by Crippen LogP contribution is -2.56. The molecule has 5 nitrogen and oxygen atoms in total. The number of hydrogen-bond acceptors (Lipinski definition) is 4. The molecule has 2 rings (SSSR count). The Labute approximate surface area is 109 Å². The van der Waals surface area contributed by atoms with Crippen LogP contribution in [0.2, 0.25) is 0 Å². The summed E-state index contributed by atoms with van der Waals surface area (Å²) in [5.41, 5.74) is 5.03. The van der Waals surface area contributed by atoms with E-state index < -0.39 is 11.5 Å². The summed E-state index contributed by atoms with van der Waals surface area (Å²) in [4.78, 5) is 16.1. The quantitative estimate of drug-likeness (QED) is 0.745. The van der Waals surface area contributed by atoms with Crippen LogP contribution in [0, 0.1) is 0 Å². The van der Waals surface area contributed by atoms with Gasteiger partial charge in [0.05, 0.1) is 0 Å². The van der Waals surface area contributed by atoms with Crippen molar-refractivity contribution in [3.63, 3.8) is 0 Å². The highest BCUT2D eigenvalue weighted by molar-refractivity contribution is 5.78. The van der Waals surface area contributed by atoms with Gasteiger partial charge in [-0.05, 0) is 52.2 Å². The van der Waals surface area contributed by atoms with E-state index in [2.05, 4.69) is 16.8 Å². The molecule has 0 bridgehead atoms. The van der Waals surface area contributed by atoms with Crippen LogP contribution in [-0.4, -0.2) is 65.7 Å². The third kappa shape index (κ3) is 3.02. The number of aliphatic carboxylic acids is 1. The van der Waals surface area contributed by atoms with Crippen molar-refractivity contribution in [3.8, 4) is 0 Å². The van der Waals surface area contributed by atoms with Gasteiger partial charge < -0.3 is 15.7 Å². The second kappa shape index (κ2) is 5.55. The zero-order valence-corrected chi connectivity index (χ0v) is 11.3. The minimum absolute atomic E-state index is 0.353. The normalized spacial score (nSPS) is 36.2. The van der Waals surface area contributed by atoms with Crippen LogP contribution in [0.15, 0.2) is 0 Å². The molecule has 1 aliphatic carbocycles. The molecule has 2 atom stereocenters. The van der Waals surface area contributed by atoms with Crippen molar-refractivity contribution in [2.75, 3.05) is 33.2 Å². The van der Waals surface area contributed by atoms with Crippen LogP contribution in [0.5, 0.6) is 0 Å². The smallest absolute Gasteiger partial charge is 0.323 e. The van der Waals surface area contributed by atoms with Gasteiger partial charge in [0, 0.05) is 19.1 Å². The van der Waals surface area contributed by atoms with E-state index in [1.807, 2.05) is 0 Å². The lowest BCUT2D eigenvalue weighted by Gasteiger charge is -2.40. The molecule has 5 heteroatoms. The average Bonchev–Trinajstić information content (AvgIpc) is 2.54. The van der Waals surface area contributed by atoms with Crippen molar-refractivity contribution in [1.82, 2.24) is 9.80 Å². The van der Waals surface area contributed by atoms with Gasteiger partial charge in [-0.25, -0.2) is 0 Å². The largest absolute Gasteiger partial charge is 0.480 e. The second-order valence-corrected chi connectivity index (χ2v) is 5.90. The molecule has 2 fully saturated rings. The summed E-state index contributed by atoms with van der Waals surface area (Å²) in [6.07, 6.45) is 4.41. The Morgan fingerprint density at radius 2 is 2.06 bits per heavy atom. The number of carbonyl (C=O) groups is 1. The van der Waals surface area contributed by atoms with Gasteiger partial charge in [-0.15, -0.1) is 0 Å². The Morgan fingerprint density at radius 1 is 1.28 bits per heavy atom. The molecule has 0 aromatic carbocycles. The Hall–Kier alpha value is -0.650. The topological polar surface area (TPSA) is 69.8 Å². The predicted octanol–water partition coefficient (Wildman–Crippen LogP) is 0.349. The van der Waals surface area contributed by atoms with Gasteiger partial charge in [0.1, 0.15) is 5.54 Å². The Balaban J connectivity index is 1.98. The summed E-state index contributed by atoms with van der Waals surface area (Å²) in [6.45, 7) is 4.32. The monoisotopic (exact) mass is 255 g/mol. The first-order chi connectivity index (χ1) is 8.51. The predicted molar refractivity (Wildman–Crippen MR) is 70.5 cm³/mol. The number of likely N-dealkylation sites (N-methyl/N-ethyl adjacent to an activating group) is 1. The van der Waals surface area contributed by atoms with Gasteiger partial charge in [0.15, 0.2) is 0 Å². The van der Waals surface area contributed by atoms with E-state index in [-0.39, 0.29) is 0 Å². The van der Waals surface area contributed by atoms with Gasteiger partial charge >= 0.3 is 5.97 Å². The van der Waals surface area contributed by atoms with Crippen molar-refractivity contribution in [2.45, 2.75) is 43.7 Å². The zero-order chi connectivity index (χ0) is 13.2. The Kier molecular flexibility index (Phi) is 4.25. The number of carboxylic acids is 1. The van der Waals surface area contributed by atoms with Crippen LogP contribution >= 0.6 is 0 Å². The fraction of sp³-hybridized carbons (Fsp3) is 0.923. The van der Waals surface area contributed by atoms with Gasteiger partial charge in [0.2, 0.25) is 0 Å². The maximum Gasteiger partial charge on any atom is 0.323 e. The minimum Gasteiger partial charge on any atom is -0.480 e. The molecule has 104 valence electrons. The highest BCUT2D eigenvalue weighted by Gasteiger charge is 2.41. The molecule has 1 saturated heterocycles. The first-order valence-electron chi connectivity index (χ1n) is 6.96. The number of nitrogens with two attached hydrogens (primary N) is 1. The van der Waals surface area contributed by atoms with E-state index in [1.54, 1.807) is 0 Å². The highest BCUT2D eigenvalue weighted by atomic mass is 16.4. The standard InChI is InChI=1S/C13H25N3O2/c1-15-6-3-7-16(9-8-15)11-4-2-5-13(14,10-11)12(17)18/h11H,2-10,14H2,1H3,(H,17,18). The third-order valence-electron chi connectivity index (χ3n) is 4.46. The lowest BCUT2D eigenvalue weighted by atomic mass is 9.79. The molecule has 1 heterocycles. The molecule has 3 N–H and O–H groups in total. The molecule has 18 heavy (non-hydrogen) atoms. The first kappa shape index (κ1) is 13.8. The van der Waals surface area contributed by atoms with Crippen LogP contribution < -0.4 is 5.73 Å². The fourth-order valence-corrected chi connectivity index (χ4v) is 3.22. The molecule has 0 amide bonds. The first-order valence-corrected chi connectivity index (χ1v) is 6.96. The van der Waals surface area contributed by atoms with Gasteiger partial charge in [-0.1, -0.05) is 0 Å². The molecule has 1 aliphatic heterocycles. The van der Waals surface area contributed by atoms with Crippen LogP contribution in [-0.2, 0) is 4.79 Å². The van der Waals surface area contributed by atoms with E-state index in [0.717, 1.165) is 45.4 Å². The van der Waals surface area contributed by atoms with Crippen molar-refractivity contribution in [1.29, 1.82) is 0 Å². The fourth-order valence-electron chi connectivity index (χ4n) is 3.22.